The molecule has 0 radical (unpaired) electrons. The Labute approximate surface area is 109 Å². The highest BCUT2D eigenvalue weighted by atomic mass is 32.2. The SMILES string of the molecule is [O-][S+]1c2ccccc2Cc2cc(CS)ccc21. The lowest BCUT2D eigenvalue weighted by molar-refractivity contribution is 0.590. The van der Waals surface area contributed by atoms with E-state index in [-0.39, 0.29) is 0 Å². The van der Waals surface area contributed by atoms with Gasteiger partial charge in [-0.05, 0) is 23.8 Å². The fraction of sp³-hybridized carbons (Fsp3) is 0.143. The monoisotopic (exact) mass is 260 g/mol. The second-order valence-electron chi connectivity index (χ2n) is 4.15. The predicted octanol–water partition coefficient (Wildman–Crippen LogP) is 3.19. The van der Waals surface area contributed by atoms with Gasteiger partial charge in [0, 0.05) is 34.5 Å². The minimum Gasteiger partial charge on any atom is -0.606 e. The van der Waals surface area contributed by atoms with Gasteiger partial charge in [-0.15, -0.1) is 0 Å². The summed E-state index contributed by atoms with van der Waals surface area (Å²) < 4.78 is 12.4. The molecule has 2 aromatic rings. The summed E-state index contributed by atoms with van der Waals surface area (Å²) in [7, 11) is 0. The van der Waals surface area contributed by atoms with Crippen molar-refractivity contribution in [3.63, 3.8) is 0 Å². The Morgan fingerprint density at radius 2 is 1.82 bits per heavy atom. The van der Waals surface area contributed by atoms with Crippen molar-refractivity contribution in [3.8, 4) is 0 Å². The van der Waals surface area contributed by atoms with E-state index < -0.39 is 11.2 Å². The first kappa shape index (κ1) is 11.2. The molecule has 1 atom stereocenters. The van der Waals surface area contributed by atoms with Crippen LogP contribution in [0, 0.1) is 0 Å². The van der Waals surface area contributed by atoms with E-state index in [1.54, 1.807) is 0 Å². The van der Waals surface area contributed by atoms with Gasteiger partial charge in [0.2, 0.25) is 0 Å². The zero-order valence-electron chi connectivity index (χ0n) is 9.22. The topological polar surface area (TPSA) is 23.1 Å². The zero-order chi connectivity index (χ0) is 11.8. The van der Waals surface area contributed by atoms with Crippen LogP contribution in [0.2, 0.25) is 0 Å². The Hall–Kier alpha value is -0.900. The maximum Gasteiger partial charge on any atom is 0.162 e. The molecule has 0 saturated carbocycles. The molecule has 3 heteroatoms. The molecule has 17 heavy (non-hydrogen) atoms. The lowest BCUT2D eigenvalue weighted by atomic mass is 10.0. The first-order valence-electron chi connectivity index (χ1n) is 5.52. The van der Waals surface area contributed by atoms with Crippen LogP contribution in [-0.2, 0) is 23.3 Å². The van der Waals surface area contributed by atoms with E-state index in [1.807, 2.05) is 30.3 Å². The van der Waals surface area contributed by atoms with Gasteiger partial charge in [0.25, 0.3) is 0 Å². The molecule has 0 N–H and O–H groups in total. The van der Waals surface area contributed by atoms with Gasteiger partial charge in [-0.3, -0.25) is 0 Å². The summed E-state index contributed by atoms with van der Waals surface area (Å²) in [4.78, 5) is 1.91. The van der Waals surface area contributed by atoms with Crippen LogP contribution in [0.25, 0.3) is 0 Å². The largest absolute Gasteiger partial charge is 0.606 e. The highest BCUT2D eigenvalue weighted by Gasteiger charge is 2.27. The van der Waals surface area contributed by atoms with Crippen molar-refractivity contribution in [2.45, 2.75) is 22.0 Å². The van der Waals surface area contributed by atoms with Crippen molar-refractivity contribution in [2.24, 2.45) is 0 Å². The third kappa shape index (κ3) is 1.88. The van der Waals surface area contributed by atoms with E-state index in [1.165, 1.54) is 16.7 Å². The fourth-order valence-corrected chi connectivity index (χ4v) is 3.78. The first-order chi connectivity index (χ1) is 8.29. The lowest BCUT2D eigenvalue weighted by Gasteiger charge is -2.21. The second kappa shape index (κ2) is 4.41. The van der Waals surface area contributed by atoms with Gasteiger partial charge in [0.1, 0.15) is 0 Å². The zero-order valence-corrected chi connectivity index (χ0v) is 10.9. The van der Waals surface area contributed by atoms with Crippen molar-refractivity contribution >= 4 is 23.8 Å². The highest BCUT2D eigenvalue weighted by molar-refractivity contribution is 7.91. The number of rotatable bonds is 1. The van der Waals surface area contributed by atoms with Gasteiger partial charge >= 0.3 is 0 Å². The number of fused-ring (bicyclic) bond motifs is 2. The van der Waals surface area contributed by atoms with Gasteiger partial charge < -0.3 is 4.55 Å². The molecule has 1 aliphatic heterocycles. The van der Waals surface area contributed by atoms with Crippen molar-refractivity contribution in [1.29, 1.82) is 0 Å². The summed E-state index contributed by atoms with van der Waals surface area (Å²) in [6, 6.07) is 14.1. The summed E-state index contributed by atoms with van der Waals surface area (Å²) in [5.74, 6) is 0.724. The van der Waals surface area contributed by atoms with Gasteiger partial charge in [0.15, 0.2) is 9.79 Å². The van der Waals surface area contributed by atoms with Gasteiger partial charge in [-0.1, -0.05) is 24.3 Å². The minimum absolute atomic E-state index is 0.724. The molecule has 0 bridgehead atoms. The Kier molecular flexibility index (Phi) is 2.90. The molecular formula is C14H12OS2. The summed E-state index contributed by atoms with van der Waals surface area (Å²) in [5.41, 5.74) is 3.53. The van der Waals surface area contributed by atoms with Crippen molar-refractivity contribution < 1.29 is 4.55 Å². The third-order valence-corrected chi connectivity index (χ3v) is 5.02. The summed E-state index contributed by atoms with van der Waals surface area (Å²) >= 11 is 3.25. The molecule has 0 aliphatic carbocycles. The van der Waals surface area contributed by atoms with E-state index in [0.29, 0.717) is 0 Å². The molecular weight excluding hydrogens is 248 g/mol. The lowest BCUT2D eigenvalue weighted by Crippen LogP contribution is -2.14. The van der Waals surface area contributed by atoms with E-state index in [2.05, 4.69) is 24.8 Å². The van der Waals surface area contributed by atoms with Crippen molar-refractivity contribution in [1.82, 2.24) is 0 Å². The molecule has 86 valence electrons. The number of thiol groups is 1. The van der Waals surface area contributed by atoms with E-state index in [9.17, 15) is 4.55 Å². The Morgan fingerprint density at radius 1 is 1.06 bits per heavy atom. The van der Waals surface area contributed by atoms with Crippen LogP contribution < -0.4 is 0 Å². The summed E-state index contributed by atoms with van der Waals surface area (Å²) in [6.45, 7) is 0. The van der Waals surface area contributed by atoms with E-state index >= 15 is 0 Å². The molecule has 0 amide bonds. The normalized spacial score (nSPS) is 17.4. The standard InChI is InChI=1S/C14H12OS2/c15-17-13-4-2-1-3-11(13)8-12-7-10(9-16)5-6-14(12)17/h1-7,16H,8-9H2. The average molecular weight is 260 g/mol. The van der Waals surface area contributed by atoms with Crippen LogP contribution in [0.15, 0.2) is 52.3 Å². The van der Waals surface area contributed by atoms with Crippen LogP contribution >= 0.6 is 12.6 Å². The van der Waals surface area contributed by atoms with Gasteiger partial charge in [0.05, 0.1) is 0 Å². The molecule has 1 heterocycles. The van der Waals surface area contributed by atoms with Crippen LogP contribution in [-0.4, -0.2) is 4.55 Å². The van der Waals surface area contributed by atoms with Gasteiger partial charge in [-0.25, -0.2) is 0 Å². The minimum atomic E-state index is -1.03. The van der Waals surface area contributed by atoms with Gasteiger partial charge in [-0.2, -0.15) is 12.6 Å². The maximum absolute atomic E-state index is 12.4. The smallest absolute Gasteiger partial charge is 0.162 e. The predicted molar refractivity (Wildman–Crippen MR) is 73.1 cm³/mol. The van der Waals surface area contributed by atoms with Crippen LogP contribution in [0.3, 0.4) is 0 Å². The Morgan fingerprint density at radius 3 is 2.65 bits per heavy atom. The van der Waals surface area contributed by atoms with Crippen LogP contribution in [0.1, 0.15) is 16.7 Å². The Bertz CT molecular complexity index is 566. The fourth-order valence-electron chi connectivity index (χ4n) is 2.20. The quantitative estimate of drug-likeness (QED) is 0.617. The number of benzene rings is 2. The Balaban J connectivity index is 2.12. The third-order valence-electron chi connectivity index (χ3n) is 3.06. The molecule has 0 aromatic heterocycles. The molecule has 0 spiro atoms. The molecule has 0 saturated heterocycles. The highest BCUT2D eigenvalue weighted by Crippen LogP contribution is 2.34. The van der Waals surface area contributed by atoms with E-state index in [0.717, 1.165) is 22.0 Å². The molecule has 1 aliphatic rings. The number of hydrogen-bond acceptors (Lipinski definition) is 2. The average Bonchev–Trinajstić information content (AvgIpc) is 2.38. The van der Waals surface area contributed by atoms with Crippen molar-refractivity contribution in [2.75, 3.05) is 0 Å². The van der Waals surface area contributed by atoms with E-state index in [4.69, 9.17) is 0 Å². The van der Waals surface area contributed by atoms with Crippen molar-refractivity contribution in [3.05, 3.63) is 59.2 Å². The van der Waals surface area contributed by atoms with Crippen LogP contribution in [0.4, 0.5) is 0 Å². The molecule has 1 unspecified atom stereocenters. The van der Waals surface area contributed by atoms with Crippen LogP contribution in [0.5, 0.6) is 0 Å². The summed E-state index contributed by atoms with van der Waals surface area (Å²) in [5, 5.41) is 0. The molecule has 2 aromatic carbocycles. The first-order valence-corrected chi connectivity index (χ1v) is 7.30. The molecule has 3 rings (SSSR count). The maximum atomic E-state index is 12.4. The molecule has 1 nitrogen and oxygen atoms in total. The summed E-state index contributed by atoms with van der Waals surface area (Å²) in [6.07, 6.45) is 0.874. The second-order valence-corrected chi connectivity index (χ2v) is 5.89. The number of hydrogen-bond donors (Lipinski definition) is 1. The molecule has 0 fully saturated rings.